The normalized spacial score (nSPS) is 14.8. The maximum Gasteiger partial charge on any atom is 0.387 e. The summed E-state index contributed by atoms with van der Waals surface area (Å²) in [5.74, 6) is -0.775. The molecule has 0 atom stereocenters. The molecule has 0 bridgehead atoms. The van der Waals surface area contributed by atoms with Gasteiger partial charge in [-0.25, -0.2) is 0 Å². The van der Waals surface area contributed by atoms with Gasteiger partial charge >= 0.3 is 6.61 Å². The van der Waals surface area contributed by atoms with Crippen LogP contribution in [0.25, 0.3) is 6.08 Å². The number of hydrogen-bond acceptors (Lipinski definition) is 6. The van der Waals surface area contributed by atoms with Crippen LogP contribution in [0.2, 0.25) is 0 Å². The van der Waals surface area contributed by atoms with Crippen molar-refractivity contribution < 1.29 is 32.6 Å². The Morgan fingerprint density at radius 2 is 1.88 bits per heavy atom. The highest BCUT2D eigenvalue weighted by Gasteiger charge is 2.34. The van der Waals surface area contributed by atoms with Crippen LogP contribution in [-0.2, 0) is 16.0 Å². The molecule has 0 aliphatic carbocycles. The lowest BCUT2D eigenvalue weighted by Crippen LogP contribution is -2.37. The van der Waals surface area contributed by atoms with Crippen LogP contribution in [0.3, 0.4) is 0 Å². The molecule has 10 heteroatoms. The molecular weight excluding hydrogens is 454 g/mol. The zero-order valence-electron chi connectivity index (χ0n) is 18.0. The molecule has 0 unspecified atom stereocenters. The van der Waals surface area contributed by atoms with Gasteiger partial charge in [-0.05, 0) is 48.0 Å². The third-order valence-corrected chi connectivity index (χ3v) is 5.63. The van der Waals surface area contributed by atoms with Gasteiger partial charge < -0.3 is 14.8 Å². The highest BCUT2D eigenvalue weighted by atomic mass is 32.2. The van der Waals surface area contributed by atoms with E-state index >= 15 is 0 Å². The summed E-state index contributed by atoms with van der Waals surface area (Å²) in [6.07, 6.45) is 1.67. The Hall–Kier alpha value is -3.40. The SMILES string of the molecule is COc1cc(/C=C2\SC(=O)N(CCNC(=O)Cc3ccc(C)cc3)C2=O)ccc1OC(F)F. The van der Waals surface area contributed by atoms with Crippen LogP contribution >= 0.6 is 11.8 Å². The molecule has 0 spiro atoms. The first-order valence-electron chi connectivity index (χ1n) is 9.97. The first-order chi connectivity index (χ1) is 15.8. The smallest absolute Gasteiger partial charge is 0.387 e. The number of hydrogen-bond donors (Lipinski definition) is 1. The van der Waals surface area contributed by atoms with Crippen molar-refractivity contribution in [2.45, 2.75) is 20.0 Å². The number of alkyl halides is 2. The van der Waals surface area contributed by atoms with E-state index in [-0.39, 0.29) is 41.8 Å². The second kappa shape index (κ2) is 11.0. The van der Waals surface area contributed by atoms with E-state index in [1.54, 1.807) is 0 Å². The minimum atomic E-state index is -3.00. The maximum absolute atomic E-state index is 12.6. The Morgan fingerprint density at radius 1 is 1.15 bits per heavy atom. The van der Waals surface area contributed by atoms with Gasteiger partial charge in [-0.15, -0.1) is 0 Å². The van der Waals surface area contributed by atoms with Crippen molar-refractivity contribution in [1.29, 1.82) is 0 Å². The Labute approximate surface area is 193 Å². The van der Waals surface area contributed by atoms with Crippen LogP contribution in [0.15, 0.2) is 47.4 Å². The molecular formula is C23H22F2N2O5S. The van der Waals surface area contributed by atoms with Crippen LogP contribution in [0.4, 0.5) is 13.6 Å². The van der Waals surface area contributed by atoms with Crippen molar-refractivity contribution in [3.05, 3.63) is 64.1 Å². The molecule has 2 aromatic rings. The van der Waals surface area contributed by atoms with Crippen LogP contribution in [0.5, 0.6) is 11.5 Å². The van der Waals surface area contributed by atoms with Crippen molar-refractivity contribution in [3.8, 4) is 11.5 Å². The number of ether oxygens (including phenoxy) is 2. The van der Waals surface area contributed by atoms with Crippen LogP contribution in [-0.4, -0.2) is 48.8 Å². The number of imide groups is 1. The molecule has 2 aromatic carbocycles. The summed E-state index contributed by atoms with van der Waals surface area (Å²) in [6.45, 7) is -0.879. The third kappa shape index (κ3) is 6.55. The molecule has 1 heterocycles. The topological polar surface area (TPSA) is 84.9 Å². The summed E-state index contributed by atoms with van der Waals surface area (Å²) >= 11 is 0.761. The molecule has 1 saturated heterocycles. The van der Waals surface area contributed by atoms with Crippen LogP contribution in [0, 0.1) is 6.92 Å². The molecule has 0 saturated carbocycles. The van der Waals surface area contributed by atoms with Gasteiger partial charge in [0.25, 0.3) is 11.1 Å². The average molecular weight is 477 g/mol. The van der Waals surface area contributed by atoms with Gasteiger partial charge in [0.1, 0.15) is 0 Å². The summed E-state index contributed by atoms with van der Waals surface area (Å²) in [6, 6.07) is 11.8. The number of thioether (sulfide) groups is 1. The largest absolute Gasteiger partial charge is 0.493 e. The van der Waals surface area contributed by atoms with Crippen molar-refractivity contribution in [2.24, 2.45) is 0 Å². The van der Waals surface area contributed by atoms with Crippen molar-refractivity contribution in [2.75, 3.05) is 20.2 Å². The zero-order chi connectivity index (χ0) is 24.0. The predicted octanol–water partition coefficient (Wildman–Crippen LogP) is 4.00. The average Bonchev–Trinajstić information content (AvgIpc) is 3.03. The number of aryl methyl sites for hydroxylation is 1. The number of methoxy groups -OCH3 is 1. The highest BCUT2D eigenvalue weighted by Crippen LogP contribution is 2.34. The number of carbonyl (C=O) groups excluding carboxylic acids is 3. The highest BCUT2D eigenvalue weighted by molar-refractivity contribution is 8.18. The molecule has 174 valence electrons. The van der Waals surface area contributed by atoms with E-state index in [1.165, 1.54) is 31.4 Å². The van der Waals surface area contributed by atoms with Gasteiger partial charge in [0, 0.05) is 13.1 Å². The van der Waals surface area contributed by atoms with Gasteiger partial charge in [0.05, 0.1) is 18.4 Å². The molecule has 7 nitrogen and oxygen atoms in total. The number of amides is 3. The van der Waals surface area contributed by atoms with Crippen molar-refractivity contribution in [1.82, 2.24) is 10.2 Å². The molecule has 33 heavy (non-hydrogen) atoms. The molecule has 0 radical (unpaired) electrons. The first kappa shape index (κ1) is 24.2. The van der Waals surface area contributed by atoms with E-state index in [0.29, 0.717) is 5.56 Å². The van der Waals surface area contributed by atoms with E-state index in [9.17, 15) is 23.2 Å². The first-order valence-corrected chi connectivity index (χ1v) is 10.8. The van der Waals surface area contributed by atoms with E-state index in [0.717, 1.165) is 27.8 Å². The third-order valence-electron chi connectivity index (χ3n) is 4.72. The second-order valence-electron chi connectivity index (χ2n) is 7.13. The minimum absolute atomic E-state index is 0.0339. The Kier molecular flexibility index (Phi) is 8.05. The van der Waals surface area contributed by atoms with Crippen LogP contribution in [0.1, 0.15) is 16.7 Å². The Morgan fingerprint density at radius 3 is 2.55 bits per heavy atom. The Bertz CT molecular complexity index is 1070. The molecule has 3 amide bonds. The van der Waals surface area contributed by atoms with E-state index < -0.39 is 17.8 Å². The fourth-order valence-corrected chi connectivity index (χ4v) is 3.94. The predicted molar refractivity (Wildman–Crippen MR) is 120 cm³/mol. The summed E-state index contributed by atoms with van der Waals surface area (Å²) in [5, 5.41) is 2.25. The molecule has 1 aliphatic rings. The van der Waals surface area contributed by atoms with Gasteiger partial charge in [-0.1, -0.05) is 35.9 Å². The standard InChI is InChI=1S/C23H22F2N2O5S/c1-14-3-5-15(6-4-14)13-20(28)26-9-10-27-21(29)19(33-23(27)30)12-16-7-8-17(32-22(24)25)18(11-16)31-2/h3-8,11-12,22H,9-10,13H2,1-2H3,(H,26,28)/b19-12-. The maximum atomic E-state index is 12.6. The molecule has 1 aliphatic heterocycles. The van der Waals surface area contributed by atoms with Gasteiger partial charge in [0.15, 0.2) is 11.5 Å². The number of halogens is 2. The summed E-state index contributed by atoms with van der Waals surface area (Å²) in [5.41, 5.74) is 2.44. The van der Waals surface area contributed by atoms with E-state index in [1.807, 2.05) is 31.2 Å². The van der Waals surface area contributed by atoms with E-state index in [2.05, 4.69) is 10.1 Å². The van der Waals surface area contributed by atoms with Gasteiger partial charge in [-0.3, -0.25) is 19.3 Å². The zero-order valence-corrected chi connectivity index (χ0v) is 18.8. The molecule has 1 N–H and O–H groups in total. The lowest BCUT2D eigenvalue weighted by atomic mass is 10.1. The molecule has 1 fully saturated rings. The fraction of sp³-hybridized carbons (Fsp3) is 0.261. The second-order valence-corrected chi connectivity index (χ2v) is 8.13. The number of benzene rings is 2. The summed E-state index contributed by atoms with van der Waals surface area (Å²) in [4.78, 5) is 38.2. The fourth-order valence-electron chi connectivity index (χ4n) is 3.07. The number of nitrogens with one attached hydrogen (secondary N) is 1. The lowest BCUT2D eigenvalue weighted by Gasteiger charge is -2.13. The van der Waals surface area contributed by atoms with Crippen molar-refractivity contribution >= 4 is 34.9 Å². The van der Waals surface area contributed by atoms with E-state index in [4.69, 9.17) is 4.74 Å². The number of nitrogens with zero attached hydrogens (tertiary/aromatic N) is 1. The van der Waals surface area contributed by atoms with Gasteiger partial charge in [-0.2, -0.15) is 8.78 Å². The van der Waals surface area contributed by atoms with Gasteiger partial charge in [0.2, 0.25) is 5.91 Å². The van der Waals surface area contributed by atoms with Crippen molar-refractivity contribution in [3.63, 3.8) is 0 Å². The van der Waals surface area contributed by atoms with Crippen LogP contribution < -0.4 is 14.8 Å². The summed E-state index contributed by atoms with van der Waals surface area (Å²) < 4.78 is 34.4. The quantitative estimate of drug-likeness (QED) is 0.551. The molecule has 3 rings (SSSR count). The minimum Gasteiger partial charge on any atom is -0.493 e. The molecule has 0 aromatic heterocycles. The Balaban J connectivity index is 1.58. The lowest BCUT2D eigenvalue weighted by molar-refractivity contribution is -0.124. The number of carbonyl (C=O) groups is 3. The number of rotatable bonds is 9. The monoisotopic (exact) mass is 476 g/mol. The summed E-state index contributed by atoms with van der Waals surface area (Å²) in [7, 11) is 1.30.